The fraction of sp³-hybridized carbons (Fsp3) is 0.959. The summed E-state index contributed by atoms with van der Waals surface area (Å²) in [5.74, 6) is -0.242. The monoisotopic (exact) mass is 1320 g/mol. The van der Waals surface area contributed by atoms with E-state index < -0.39 is 124 Å². The number of carbonyl (C=O) groups is 1. The lowest BCUT2D eigenvalue weighted by Gasteiger charge is -2.48. The summed E-state index contributed by atoms with van der Waals surface area (Å²) in [4.78, 5) is 13.3. The fourth-order valence-electron chi connectivity index (χ4n) is 13.2. The molecule has 0 radical (unpaired) electrons. The van der Waals surface area contributed by atoms with Crippen molar-refractivity contribution >= 4 is 5.91 Å². The second kappa shape index (κ2) is 55.4. The quantitative estimate of drug-likeness (QED) is 0.0199. The van der Waals surface area contributed by atoms with Gasteiger partial charge in [0.25, 0.3) is 0 Å². The van der Waals surface area contributed by atoms with Crippen molar-refractivity contribution in [3.8, 4) is 0 Å². The molecule has 3 aliphatic heterocycles. The molecule has 3 saturated heterocycles. The Bertz CT molecular complexity index is 1720. The van der Waals surface area contributed by atoms with E-state index in [2.05, 4.69) is 31.3 Å². The van der Waals surface area contributed by atoms with E-state index in [-0.39, 0.29) is 18.9 Å². The number of amides is 1. The SMILES string of the molecule is CCCCCCCCCC/C=C\CCCCCCCCCCCCCCCCCCCCCCCCCCCCCCCC(=O)NC(COC1OC(CO)C(OC2OC(CO)C(OC3OC(CO)C(O)C(O)C3O)C(O)C2O)C(O)C1O)C(O)CCCCCCCC. The Balaban J connectivity index is 1.19. The van der Waals surface area contributed by atoms with Gasteiger partial charge in [-0.25, -0.2) is 0 Å². The van der Waals surface area contributed by atoms with Gasteiger partial charge in [0.1, 0.15) is 73.2 Å². The van der Waals surface area contributed by atoms with Crippen molar-refractivity contribution < 1.29 is 89.4 Å². The number of rotatable bonds is 60. The van der Waals surface area contributed by atoms with Crippen LogP contribution in [0, 0.1) is 0 Å². The summed E-state index contributed by atoms with van der Waals surface area (Å²) in [6.07, 6.45) is 37.1. The minimum atomic E-state index is -1.97. The third kappa shape index (κ3) is 36.4. The smallest absolute Gasteiger partial charge is 0.220 e. The largest absolute Gasteiger partial charge is 0.394 e. The van der Waals surface area contributed by atoms with Crippen molar-refractivity contribution in [2.24, 2.45) is 0 Å². The molecule has 0 aliphatic carbocycles. The predicted octanol–water partition coefficient (Wildman–Crippen LogP) is 11.2. The summed E-state index contributed by atoms with van der Waals surface area (Å²) in [5.41, 5.74) is 0. The molecule has 92 heavy (non-hydrogen) atoms. The van der Waals surface area contributed by atoms with E-state index in [4.69, 9.17) is 28.4 Å². The van der Waals surface area contributed by atoms with Crippen LogP contribution in [-0.2, 0) is 33.2 Å². The van der Waals surface area contributed by atoms with Crippen LogP contribution in [0.4, 0.5) is 0 Å². The molecule has 19 heteroatoms. The van der Waals surface area contributed by atoms with Crippen molar-refractivity contribution in [2.45, 2.75) is 420 Å². The number of carbonyl (C=O) groups excluding carboxylic acids is 1. The molecule has 0 saturated carbocycles. The zero-order chi connectivity index (χ0) is 66.8. The Hall–Kier alpha value is -1.47. The summed E-state index contributed by atoms with van der Waals surface area (Å²) in [5, 5.41) is 120. The second-order valence-corrected chi connectivity index (χ2v) is 27.5. The number of ether oxygens (including phenoxy) is 6. The molecule has 0 spiro atoms. The predicted molar refractivity (Wildman–Crippen MR) is 360 cm³/mol. The summed E-state index contributed by atoms with van der Waals surface area (Å²) in [6, 6.07) is -0.880. The summed E-state index contributed by atoms with van der Waals surface area (Å²) in [7, 11) is 0. The van der Waals surface area contributed by atoms with Gasteiger partial charge in [-0.1, -0.05) is 283 Å². The number of unbranched alkanes of at least 4 members (excludes halogenated alkanes) is 42. The maximum absolute atomic E-state index is 13.3. The highest BCUT2D eigenvalue weighted by Gasteiger charge is 2.53. The number of aliphatic hydroxyl groups excluding tert-OH is 11. The topological polar surface area (TPSA) is 307 Å². The van der Waals surface area contributed by atoms with Crippen LogP contribution in [0.3, 0.4) is 0 Å². The Kier molecular flexibility index (Phi) is 51.0. The van der Waals surface area contributed by atoms with E-state index in [1.807, 2.05) is 0 Å². The summed E-state index contributed by atoms with van der Waals surface area (Å²) in [6.45, 7) is 1.74. The first kappa shape index (κ1) is 84.8. The Morgan fingerprint density at radius 1 is 0.380 bits per heavy atom. The average Bonchev–Trinajstić information content (AvgIpc) is 0.817. The normalized spacial score (nSPS) is 27.7. The lowest BCUT2D eigenvalue weighted by atomic mass is 9.96. The highest BCUT2D eigenvalue weighted by Crippen LogP contribution is 2.33. The molecule has 17 unspecified atom stereocenters. The molecule has 544 valence electrons. The van der Waals surface area contributed by atoms with Crippen molar-refractivity contribution in [3.63, 3.8) is 0 Å². The second-order valence-electron chi connectivity index (χ2n) is 27.5. The highest BCUT2D eigenvalue weighted by molar-refractivity contribution is 5.76. The van der Waals surface area contributed by atoms with Crippen LogP contribution in [0.25, 0.3) is 0 Å². The van der Waals surface area contributed by atoms with Crippen molar-refractivity contribution in [1.82, 2.24) is 5.32 Å². The number of hydrogen-bond donors (Lipinski definition) is 12. The minimum Gasteiger partial charge on any atom is -0.394 e. The lowest BCUT2D eigenvalue weighted by molar-refractivity contribution is -0.379. The van der Waals surface area contributed by atoms with Crippen LogP contribution in [0.15, 0.2) is 12.2 Å². The molecule has 19 nitrogen and oxygen atoms in total. The molecule has 3 rings (SSSR count). The van der Waals surface area contributed by atoms with Crippen LogP contribution in [-0.4, -0.2) is 193 Å². The van der Waals surface area contributed by atoms with Crippen LogP contribution >= 0.6 is 0 Å². The van der Waals surface area contributed by atoms with Crippen molar-refractivity contribution in [2.75, 3.05) is 26.4 Å². The van der Waals surface area contributed by atoms with E-state index in [0.29, 0.717) is 12.8 Å². The van der Waals surface area contributed by atoms with Gasteiger partial charge in [0.05, 0.1) is 38.6 Å². The van der Waals surface area contributed by atoms with Gasteiger partial charge in [-0.15, -0.1) is 0 Å². The number of aliphatic hydroxyl groups is 11. The van der Waals surface area contributed by atoms with E-state index >= 15 is 0 Å². The molecule has 0 aromatic carbocycles. The van der Waals surface area contributed by atoms with Crippen LogP contribution in [0.2, 0.25) is 0 Å². The van der Waals surface area contributed by atoms with Crippen LogP contribution in [0.1, 0.15) is 316 Å². The molecule has 17 atom stereocenters. The molecule has 1 amide bonds. The number of allylic oxidation sites excluding steroid dienone is 2. The Morgan fingerprint density at radius 3 is 1.05 bits per heavy atom. The van der Waals surface area contributed by atoms with Gasteiger partial charge in [-0.2, -0.15) is 0 Å². The number of nitrogens with one attached hydrogen (secondary N) is 1. The zero-order valence-corrected chi connectivity index (χ0v) is 57.8. The third-order valence-corrected chi connectivity index (χ3v) is 19.3. The fourth-order valence-corrected chi connectivity index (χ4v) is 13.2. The molecule has 3 fully saturated rings. The highest BCUT2D eigenvalue weighted by atomic mass is 16.8. The molecule has 0 bridgehead atoms. The van der Waals surface area contributed by atoms with Crippen LogP contribution in [0.5, 0.6) is 0 Å². The number of hydrogen-bond acceptors (Lipinski definition) is 18. The molecule has 0 aromatic heterocycles. The molecule has 3 aliphatic rings. The molecule has 0 aromatic rings. The molecular weight excluding hydrogens is 1180 g/mol. The van der Waals surface area contributed by atoms with E-state index in [0.717, 1.165) is 57.8 Å². The van der Waals surface area contributed by atoms with Gasteiger partial charge in [-0.05, 0) is 38.5 Å². The standard InChI is InChI=1S/C73H139NO18/c1-3-5-7-9-11-12-13-14-15-16-17-18-19-20-21-22-23-24-25-26-27-28-29-30-31-32-33-34-35-36-37-38-39-40-41-42-43-44-45-47-49-51-61(79)74-56(57(78)50-48-46-10-8-6-4-2)55-87-71-67(85)64(82)69(59(53-76)89-71)92-73-68(86)65(83)70(60(54-77)90-73)91-72-66(84)63(81)62(80)58(52-75)88-72/h16-17,56-60,62-73,75-78,80-86H,3-15,18-55H2,1-2H3,(H,74,79)/b17-16-. The zero-order valence-electron chi connectivity index (χ0n) is 57.8. The lowest BCUT2D eigenvalue weighted by Crippen LogP contribution is -2.66. The van der Waals surface area contributed by atoms with Crippen molar-refractivity contribution in [1.29, 1.82) is 0 Å². The van der Waals surface area contributed by atoms with E-state index in [9.17, 15) is 61.0 Å². The Morgan fingerprint density at radius 2 is 0.685 bits per heavy atom. The minimum absolute atomic E-state index is 0.242. The maximum Gasteiger partial charge on any atom is 0.220 e. The first-order chi connectivity index (χ1) is 44.8. The molecular formula is C73H139NO18. The van der Waals surface area contributed by atoms with E-state index in [1.165, 1.54) is 225 Å². The first-order valence-corrected chi connectivity index (χ1v) is 37.9. The molecule has 3 heterocycles. The van der Waals surface area contributed by atoms with Gasteiger partial charge in [-0.3, -0.25) is 4.79 Å². The molecule has 12 N–H and O–H groups in total. The van der Waals surface area contributed by atoms with Gasteiger partial charge in [0.2, 0.25) is 5.91 Å². The van der Waals surface area contributed by atoms with Gasteiger partial charge >= 0.3 is 0 Å². The summed E-state index contributed by atoms with van der Waals surface area (Å²) >= 11 is 0. The van der Waals surface area contributed by atoms with Gasteiger partial charge in [0, 0.05) is 6.42 Å². The summed E-state index contributed by atoms with van der Waals surface area (Å²) < 4.78 is 34.3. The average molecular weight is 1320 g/mol. The van der Waals surface area contributed by atoms with Crippen LogP contribution < -0.4 is 5.32 Å². The Labute approximate surface area is 556 Å². The first-order valence-electron chi connectivity index (χ1n) is 37.9. The van der Waals surface area contributed by atoms with E-state index in [1.54, 1.807) is 0 Å². The van der Waals surface area contributed by atoms with Gasteiger partial charge < -0.3 is 89.9 Å². The van der Waals surface area contributed by atoms with Gasteiger partial charge in [0.15, 0.2) is 18.9 Å². The third-order valence-electron chi connectivity index (χ3n) is 19.3. The maximum atomic E-state index is 13.3. The van der Waals surface area contributed by atoms with Crippen molar-refractivity contribution in [3.05, 3.63) is 12.2 Å².